The molecule has 0 unspecified atom stereocenters. The van der Waals surface area contributed by atoms with Crippen molar-refractivity contribution in [3.63, 3.8) is 0 Å². The molecule has 0 aliphatic carbocycles. The van der Waals surface area contributed by atoms with Gasteiger partial charge in [-0.25, -0.2) is 4.79 Å². The van der Waals surface area contributed by atoms with Crippen molar-refractivity contribution in [1.29, 1.82) is 0 Å². The summed E-state index contributed by atoms with van der Waals surface area (Å²) in [4.78, 5) is 16.6. The van der Waals surface area contributed by atoms with Crippen LogP contribution >= 0.6 is 0 Å². The molecule has 1 fully saturated rings. The van der Waals surface area contributed by atoms with Crippen molar-refractivity contribution >= 4 is 11.7 Å². The highest BCUT2D eigenvalue weighted by Crippen LogP contribution is 2.24. The molecule has 6 nitrogen and oxygen atoms in total. The Labute approximate surface area is 151 Å². The number of benzene rings is 1. The van der Waals surface area contributed by atoms with Crippen LogP contribution in [-0.4, -0.2) is 69.9 Å². The molecule has 0 bridgehead atoms. The van der Waals surface area contributed by atoms with E-state index in [2.05, 4.69) is 17.3 Å². The quantitative estimate of drug-likeness (QED) is 0.733. The number of nitrogens with one attached hydrogen (secondary N) is 1. The van der Waals surface area contributed by atoms with E-state index in [1.54, 1.807) is 12.0 Å². The first-order chi connectivity index (χ1) is 12.1. The molecule has 1 aromatic rings. The van der Waals surface area contributed by atoms with Gasteiger partial charge in [-0.2, -0.15) is 0 Å². The molecule has 0 saturated carbocycles. The van der Waals surface area contributed by atoms with Crippen molar-refractivity contribution in [2.45, 2.75) is 19.3 Å². The molecule has 1 aromatic carbocycles. The number of piperidine rings is 1. The van der Waals surface area contributed by atoms with Gasteiger partial charge in [-0.3, -0.25) is 0 Å². The monoisotopic (exact) mass is 349 g/mol. The first-order valence-corrected chi connectivity index (χ1v) is 9.01. The predicted molar refractivity (Wildman–Crippen MR) is 100 cm³/mol. The summed E-state index contributed by atoms with van der Waals surface area (Å²) in [6.45, 7) is 4.20. The number of anilines is 1. The van der Waals surface area contributed by atoms with Crippen LogP contribution in [0.2, 0.25) is 0 Å². The van der Waals surface area contributed by atoms with Crippen molar-refractivity contribution in [2.24, 2.45) is 5.92 Å². The zero-order chi connectivity index (χ0) is 18.1. The maximum atomic E-state index is 12.5. The SMILES string of the molecule is COCCCOc1ccccc1NC(=O)N(C)C[C@@H]1CCCN(C)C1. The average molecular weight is 349 g/mol. The molecular formula is C19H31N3O3. The number of nitrogens with zero attached hydrogens (tertiary/aromatic N) is 2. The second kappa shape index (κ2) is 10.3. The average Bonchev–Trinajstić information content (AvgIpc) is 2.60. The second-order valence-corrected chi connectivity index (χ2v) is 6.77. The fourth-order valence-corrected chi connectivity index (χ4v) is 3.18. The Morgan fingerprint density at radius 2 is 2.16 bits per heavy atom. The number of amides is 2. The topological polar surface area (TPSA) is 54.0 Å². The van der Waals surface area contributed by atoms with E-state index >= 15 is 0 Å². The van der Waals surface area contributed by atoms with Gasteiger partial charge in [0.2, 0.25) is 0 Å². The molecular weight excluding hydrogens is 318 g/mol. The predicted octanol–water partition coefficient (Wildman–Crippen LogP) is 2.91. The highest BCUT2D eigenvalue weighted by atomic mass is 16.5. The van der Waals surface area contributed by atoms with Gasteiger partial charge >= 0.3 is 6.03 Å². The van der Waals surface area contributed by atoms with Gasteiger partial charge < -0.3 is 24.6 Å². The van der Waals surface area contributed by atoms with Crippen molar-refractivity contribution < 1.29 is 14.3 Å². The molecule has 0 radical (unpaired) electrons. The molecule has 0 spiro atoms. The largest absolute Gasteiger partial charge is 0.491 e. The van der Waals surface area contributed by atoms with Gasteiger partial charge in [-0.05, 0) is 44.5 Å². The van der Waals surface area contributed by atoms with Crippen LogP contribution in [0.5, 0.6) is 5.75 Å². The summed E-state index contributed by atoms with van der Waals surface area (Å²) in [5, 5.41) is 2.97. The number of hydrogen-bond donors (Lipinski definition) is 1. The molecule has 140 valence electrons. The Balaban J connectivity index is 1.86. The van der Waals surface area contributed by atoms with E-state index in [-0.39, 0.29) is 6.03 Å². The van der Waals surface area contributed by atoms with Crippen molar-refractivity contribution in [3.05, 3.63) is 24.3 Å². The van der Waals surface area contributed by atoms with Crippen LogP contribution in [-0.2, 0) is 4.74 Å². The van der Waals surface area contributed by atoms with Gasteiger partial charge in [-0.1, -0.05) is 12.1 Å². The normalized spacial score (nSPS) is 18.0. The third-order valence-corrected chi connectivity index (χ3v) is 4.48. The number of carbonyl (C=O) groups is 1. The first-order valence-electron chi connectivity index (χ1n) is 9.01. The smallest absolute Gasteiger partial charge is 0.321 e. The number of hydrogen-bond acceptors (Lipinski definition) is 4. The first kappa shape index (κ1) is 19.5. The molecule has 1 atom stereocenters. The summed E-state index contributed by atoms with van der Waals surface area (Å²) in [5.41, 5.74) is 0.706. The third-order valence-electron chi connectivity index (χ3n) is 4.48. The van der Waals surface area contributed by atoms with E-state index in [4.69, 9.17) is 9.47 Å². The minimum absolute atomic E-state index is 0.0961. The molecule has 1 heterocycles. The van der Waals surface area contributed by atoms with Crippen molar-refractivity contribution in [1.82, 2.24) is 9.80 Å². The van der Waals surface area contributed by atoms with Crippen molar-refractivity contribution in [3.8, 4) is 5.75 Å². The minimum atomic E-state index is -0.0961. The lowest BCUT2D eigenvalue weighted by atomic mass is 9.98. The molecule has 1 saturated heterocycles. The minimum Gasteiger partial charge on any atom is -0.491 e. The van der Waals surface area contributed by atoms with Gasteiger partial charge in [0.05, 0.1) is 12.3 Å². The fraction of sp³-hybridized carbons (Fsp3) is 0.632. The standard InChI is InChI=1S/C19H31N3O3/c1-21-11-6-8-16(14-21)15-22(2)19(23)20-17-9-4-5-10-18(17)25-13-7-12-24-3/h4-5,9-10,16H,6-8,11-15H2,1-3H3,(H,20,23)/t16-/m1/s1. The molecule has 25 heavy (non-hydrogen) atoms. The molecule has 2 rings (SSSR count). The van der Waals surface area contributed by atoms with Crippen LogP contribution in [0.25, 0.3) is 0 Å². The summed E-state index contributed by atoms with van der Waals surface area (Å²) < 4.78 is 10.8. The lowest BCUT2D eigenvalue weighted by molar-refractivity contribution is 0.169. The number of methoxy groups -OCH3 is 1. The number of likely N-dealkylation sites (tertiary alicyclic amines) is 1. The van der Waals surface area contributed by atoms with Gasteiger partial charge in [-0.15, -0.1) is 0 Å². The molecule has 0 aromatic heterocycles. The molecule has 1 aliphatic rings. The number of para-hydroxylation sites is 2. The van der Waals surface area contributed by atoms with E-state index in [0.29, 0.717) is 30.6 Å². The van der Waals surface area contributed by atoms with Gasteiger partial charge in [0.1, 0.15) is 5.75 Å². The van der Waals surface area contributed by atoms with Gasteiger partial charge in [0.15, 0.2) is 0 Å². The lowest BCUT2D eigenvalue weighted by Crippen LogP contribution is -2.41. The summed E-state index contributed by atoms with van der Waals surface area (Å²) in [7, 11) is 5.67. The third kappa shape index (κ3) is 6.55. The van der Waals surface area contributed by atoms with Crippen LogP contribution in [0.1, 0.15) is 19.3 Å². The maximum Gasteiger partial charge on any atom is 0.321 e. The van der Waals surface area contributed by atoms with E-state index in [1.807, 2.05) is 31.3 Å². The molecule has 6 heteroatoms. The van der Waals surface area contributed by atoms with Gasteiger partial charge in [0.25, 0.3) is 0 Å². The molecule has 2 amide bonds. The summed E-state index contributed by atoms with van der Waals surface area (Å²) >= 11 is 0. The Kier molecular flexibility index (Phi) is 8.01. The van der Waals surface area contributed by atoms with Gasteiger partial charge in [0, 0.05) is 40.3 Å². The Bertz CT molecular complexity index is 538. The van der Waals surface area contributed by atoms with E-state index in [1.165, 1.54) is 12.8 Å². The zero-order valence-electron chi connectivity index (χ0n) is 15.7. The number of urea groups is 1. The summed E-state index contributed by atoms with van der Waals surface area (Å²) in [5.74, 6) is 1.23. The number of rotatable bonds is 8. The van der Waals surface area contributed by atoms with Crippen LogP contribution in [0.4, 0.5) is 10.5 Å². The van der Waals surface area contributed by atoms with E-state index in [0.717, 1.165) is 26.1 Å². The van der Waals surface area contributed by atoms with Crippen LogP contribution < -0.4 is 10.1 Å². The lowest BCUT2D eigenvalue weighted by Gasteiger charge is -2.32. The van der Waals surface area contributed by atoms with E-state index < -0.39 is 0 Å². The fourth-order valence-electron chi connectivity index (χ4n) is 3.18. The highest BCUT2D eigenvalue weighted by molar-refractivity contribution is 5.90. The van der Waals surface area contributed by atoms with Crippen LogP contribution in [0.15, 0.2) is 24.3 Å². The van der Waals surface area contributed by atoms with E-state index in [9.17, 15) is 4.79 Å². The summed E-state index contributed by atoms with van der Waals surface area (Å²) in [6.07, 6.45) is 3.20. The van der Waals surface area contributed by atoms with Crippen LogP contribution in [0, 0.1) is 5.92 Å². The van der Waals surface area contributed by atoms with Crippen LogP contribution in [0.3, 0.4) is 0 Å². The highest BCUT2D eigenvalue weighted by Gasteiger charge is 2.21. The maximum absolute atomic E-state index is 12.5. The number of ether oxygens (including phenoxy) is 2. The Morgan fingerprint density at radius 3 is 2.92 bits per heavy atom. The second-order valence-electron chi connectivity index (χ2n) is 6.77. The summed E-state index contributed by atoms with van der Waals surface area (Å²) in [6, 6.07) is 7.45. The van der Waals surface area contributed by atoms with Crippen molar-refractivity contribution in [2.75, 3.05) is 59.4 Å². The number of carbonyl (C=O) groups excluding carboxylic acids is 1. The zero-order valence-corrected chi connectivity index (χ0v) is 15.7. The Hall–Kier alpha value is -1.79. The molecule has 1 aliphatic heterocycles. The molecule has 1 N–H and O–H groups in total. The Morgan fingerprint density at radius 1 is 1.36 bits per heavy atom.